The summed E-state index contributed by atoms with van der Waals surface area (Å²) in [5, 5.41) is 3.21. The number of carbonyl (C=O) groups is 2. The van der Waals surface area contributed by atoms with E-state index in [1.54, 1.807) is 23.1 Å². The third-order valence-electron chi connectivity index (χ3n) is 4.55. The highest BCUT2D eigenvalue weighted by atomic mass is 35.5. The van der Waals surface area contributed by atoms with Gasteiger partial charge in [0.25, 0.3) is 5.91 Å². The average molecular weight is 406 g/mol. The summed E-state index contributed by atoms with van der Waals surface area (Å²) in [5.74, 6) is -0.191. The molecule has 8 heteroatoms. The van der Waals surface area contributed by atoms with Crippen LogP contribution < -0.4 is 10.1 Å². The molecule has 0 spiro atoms. The van der Waals surface area contributed by atoms with E-state index >= 15 is 0 Å². The van der Waals surface area contributed by atoms with E-state index < -0.39 is 0 Å². The van der Waals surface area contributed by atoms with Crippen molar-refractivity contribution in [2.75, 3.05) is 45.2 Å². The van der Waals surface area contributed by atoms with Crippen LogP contribution in [-0.2, 0) is 4.79 Å². The van der Waals surface area contributed by atoms with Crippen LogP contribution in [0.4, 0.5) is 10.1 Å². The molecule has 1 saturated heterocycles. The third kappa shape index (κ3) is 4.99. The highest BCUT2D eigenvalue weighted by molar-refractivity contribution is 6.31. The predicted octanol–water partition coefficient (Wildman–Crippen LogP) is 2.88. The molecule has 1 aliphatic heterocycles. The lowest BCUT2D eigenvalue weighted by Crippen LogP contribution is -2.50. The highest BCUT2D eigenvalue weighted by Gasteiger charge is 2.25. The predicted molar refractivity (Wildman–Crippen MR) is 105 cm³/mol. The van der Waals surface area contributed by atoms with Crippen molar-refractivity contribution in [3.05, 3.63) is 58.9 Å². The smallest absolute Gasteiger partial charge is 0.257 e. The second kappa shape index (κ2) is 9.03. The van der Waals surface area contributed by atoms with Gasteiger partial charge in [0.1, 0.15) is 11.6 Å². The average Bonchev–Trinajstić information content (AvgIpc) is 2.69. The number of rotatable bonds is 5. The molecule has 0 radical (unpaired) electrons. The first-order valence-electron chi connectivity index (χ1n) is 8.87. The van der Waals surface area contributed by atoms with E-state index in [1.807, 2.05) is 4.90 Å². The molecular weight excluding hydrogens is 385 g/mol. The molecule has 0 atom stereocenters. The van der Waals surface area contributed by atoms with Gasteiger partial charge >= 0.3 is 0 Å². The molecule has 28 heavy (non-hydrogen) atoms. The lowest BCUT2D eigenvalue weighted by atomic mass is 10.1. The Bertz CT molecular complexity index is 852. The van der Waals surface area contributed by atoms with Gasteiger partial charge in [-0.15, -0.1) is 0 Å². The highest BCUT2D eigenvalue weighted by Crippen LogP contribution is 2.24. The molecule has 0 unspecified atom stereocenters. The molecule has 148 valence electrons. The van der Waals surface area contributed by atoms with Crippen LogP contribution >= 0.6 is 11.6 Å². The first kappa shape index (κ1) is 20.1. The number of nitrogens with one attached hydrogen (secondary N) is 1. The number of hydrogen-bond donors (Lipinski definition) is 1. The zero-order chi connectivity index (χ0) is 20.1. The van der Waals surface area contributed by atoms with Gasteiger partial charge in [-0.3, -0.25) is 14.5 Å². The SMILES string of the molecule is COc1ccc(Cl)cc1C(=O)N1CCN(CC(=O)Nc2ccc(F)cc2)CC1. The third-order valence-corrected chi connectivity index (χ3v) is 4.78. The van der Waals surface area contributed by atoms with E-state index in [-0.39, 0.29) is 24.2 Å². The fraction of sp³-hybridized carbons (Fsp3) is 0.300. The first-order valence-corrected chi connectivity index (χ1v) is 9.24. The summed E-state index contributed by atoms with van der Waals surface area (Å²) >= 11 is 6.01. The van der Waals surface area contributed by atoms with Gasteiger partial charge in [-0.25, -0.2) is 4.39 Å². The van der Waals surface area contributed by atoms with E-state index in [0.29, 0.717) is 48.2 Å². The van der Waals surface area contributed by atoms with Gasteiger partial charge < -0.3 is 15.0 Å². The summed E-state index contributed by atoms with van der Waals surface area (Å²) in [4.78, 5) is 28.6. The molecule has 1 heterocycles. The summed E-state index contributed by atoms with van der Waals surface area (Å²) in [5.41, 5.74) is 0.978. The minimum absolute atomic E-state index is 0.144. The number of benzene rings is 2. The second-order valence-corrected chi connectivity index (χ2v) is 6.90. The fourth-order valence-electron chi connectivity index (χ4n) is 3.06. The van der Waals surface area contributed by atoms with E-state index in [4.69, 9.17) is 16.3 Å². The number of amides is 2. The number of piperazine rings is 1. The second-order valence-electron chi connectivity index (χ2n) is 6.47. The van der Waals surface area contributed by atoms with Crippen molar-refractivity contribution in [3.8, 4) is 5.75 Å². The standard InChI is InChI=1S/C20H21ClFN3O3/c1-28-18-7-2-14(21)12-17(18)20(27)25-10-8-24(9-11-25)13-19(26)23-16-5-3-15(22)4-6-16/h2-7,12H,8-11,13H2,1H3,(H,23,26). The van der Waals surface area contributed by atoms with Gasteiger partial charge in [0, 0.05) is 36.9 Å². The summed E-state index contributed by atoms with van der Waals surface area (Å²) in [6, 6.07) is 10.6. The summed E-state index contributed by atoms with van der Waals surface area (Å²) < 4.78 is 18.2. The van der Waals surface area contributed by atoms with Gasteiger partial charge in [-0.2, -0.15) is 0 Å². The first-order chi connectivity index (χ1) is 13.5. The lowest BCUT2D eigenvalue weighted by Gasteiger charge is -2.34. The fourth-order valence-corrected chi connectivity index (χ4v) is 3.24. The number of methoxy groups -OCH3 is 1. The van der Waals surface area contributed by atoms with Gasteiger partial charge in [0.2, 0.25) is 5.91 Å². The van der Waals surface area contributed by atoms with E-state index in [9.17, 15) is 14.0 Å². The quantitative estimate of drug-likeness (QED) is 0.830. The summed E-state index contributed by atoms with van der Waals surface area (Å²) in [7, 11) is 1.51. The maximum absolute atomic E-state index is 12.9. The number of nitrogens with zero attached hydrogens (tertiary/aromatic N) is 2. The molecule has 1 aliphatic rings. The molecule has 3 rings (SSSR count). The minimum Gasteiger partial charge on any atom is -0.496 e. The van der Waals surface area contributed by atoms with Crippen molar-refractivity contribution < 1.29 is 18.7 Å². The Balaban J connectivity index is 1.53. The molecule has 0 saturated carbocycles. The normalized spacial score (nSPS) is 14.6. The molecule has 2 aromatic carbocycles. The van der Waals surface area contributed by atoms with Crippen LogP contribution in [0.15, 0.2) is 42.5 Å². The Hall–Kier alpha value is -2.64. The molecule has 2 aromatic rings. The van der Waals surface area contributed by atoms with Crippen LogP contribution in [-0.4, -0.2) is 61.4 Å². The maximum Gasteiger partial charge on any atom is 0.257 e. The van der Waals surface area contributed by atoms with E-state index in [1.165, 1.54) is 31.4 Å². The molecule has 0 bridgehead atoms. The van der Waals surface area contributed by atoms with Gasteiger partial charge in [0.05, 0.1) is 19.2 Å². The Kier molecular flexibility index (Phi) is 6.49. The monoisotopic (exact) mass is 405 g/mol. The molecular formula is C20H21ClFN3O3. The van der Waals surface area contributed by atoms with Crippen molar-refractivity contribution in [1.29, 1.82) is 0 Å². The van der Waals surface area contributed by atoms with Crippen molar-refractivity contribution in [2.24, 2.45) is 0 Å². The zero-order valence-electron chi connectivity index (χ0n) is 15.5. The van der Waals surface area contributed by atoms with E-state index in [0.717, 1.165) is 0 Å². The number of ether oxygens (including phenoxy) is 1. The van der Waals surface area contributed by atoms with Crippen LogP contribution in [0.25, 0.3) is 0 Å². The molecule has 0 aromatic heterocycles. The topological polar surface area (TPSA) is 61.9 Å². The number of anilines is 1. The summed E-state index contributed by atoms with van der Waals surface area (Å²) in [6.07, 6.45) is 0. The van der Waals surface area contributed by atoms with Crippen LogP contribution in [0.2, 0.25) is 5.02 Å². The van der Waals surface area contributed by atoms with Crippen LogP contribution in [0, 0.1) is 5.82 Å². The van der Waals surface area contributed by atoms with Crippen LogP contribution in [0.1, 0.15) is 10.4 Å². The van der Waals surface area contributed by atoms with Gasteiger partial charge in [0.15, 0.2) is 0 Å². The van der Waals surface area contributed by atoms with Crippen LogP contribution in [0.3, 0.4) is 0 Å². The Morgan fingerprint density at radius 2 is 1.79 bits per heavy atom. The molecule has 1 N–H and O–H groups in total. The van der Waals surface area contributed by atoms with Crippen molar-refractivity contribution in [1.82, 2.24) is 9.80 Å². The van der Waals surface area contributed by atoms with Crippen LogP contribution in [0.5, 0.6) is 5.75 Å². The van der Waals surface area contributed by atoms with Gasteiger partial charge in [-0.05, 0) is 42.5 Å². The van der Waals surface area contributed by atoms with Crippen molar-refractivity contribution in [2.45, 2.75) is 0 Å². The number of hydrogen-bond acceptors (Lipinski definition) is 4. The van der Waals surface area contributed by atoms with Crippen molar-refractivity contribution in [3.63, 3.8) is 0 Å². The Morgan fingerprint density at radius 3 is 2.43 bits per heavy atom. The maximum atomic E-state index is 12.9. The Labute approximate surface area is 167 Å². The summed E-state index contributed by atoms with van der Waals surface area (Å²) in [6.45, 7) is 2.35. The minimum atomic E-state index is -0.352. The molecule has 6 nitrogen and oxygen atoms in total. The largest absolute Gasteiger partial charge is 0.496 e. The molecule has 1 fully saturated rings. The number of carbonyl (C=O) groups excluding carboxylic acids is 2. The zero-order valence-corrected chi connectivity index (χ0v) is 16.2. The molecule has 2 amide bonds. The number of halogens is 2. The Morgan fingerprint density at radius 1 is 1.11 bits per heavy atom. The van der Waals surface area contributed by atoms with E-state index in [2.05, 4.69) is 5.32 Å². The molecule has 0 aliphatic carbocycles. The van der Waals surface area contributed by atoms with Gasteiger partial charge in [-0.1, -0.05) is 11.6 Å². The lowest BCUT2D eigenvalue weighted by molar-refractivity contribution is -0.117. The van der Waals surface area contributed by atoms with Crippen molar-refractivity contribution >= 4 is 29.1 Å².